The Morgan fingerprint density at radius 3 is 2.38 bits per heavy atom. The van der Waals surface area contributed by atoms with E-state index in [0.717, 1.165) is 19.3 Å². The molecule has 7 heteroatoms. The van der Waals surface area contributed by atoms with Gasteiger partial charge in [-0.2, -0.15) is 0 Å². The van der Waals surface area contributed by atoms with Gasteiger partial charge in [-0.3, -0.25) is 14.4 Å². The van der Waals surface area contributed by atoms with Gasteiger partial charge >= 0.3 is 11.9 Å². The van der Waals surface area contributed by atoms with Crippen molar-refractivity contribution in [1.82, 2.24) is 0 Å². The van der Waals surface area contributed by atoms with E-state index in [0.29, 0.717) is 0 Å². The van der Waals surface area contributed by atoms with E-state index in [4.69, 9.17) is 18.6 Å². The molecule has 1 unspecified atom stereocenters. The molecule has 37 heavy (non-hydrogen) atoms. The molecule has 0 bridgehead atoms. The molecule has 0 amide bonds. The van der Waals surface area contributed by atoms with Crippen LogP contribution < -0.4 is 0 Å². The van der Waals surface area contributed by atoms with Gasteiger partial charge in [0.2, 0.25) is 0 Å². The molecule has 2 heterocycles. The Balaban J connectivity index is 1.58. The second kappa shape index (κ2) is 7.37. The second-order valence-electron chi connectivity index (χ2n) is 13.3. The molecular formula is C30H38O7. The van der Waals surface area contributed by atoms with Gasteiger partial charge in [0.1, 0.15) is 17.8 Å². The van der Waals surface area contributed by atoms with Crippen LogP contribution in [0.1, 0.15) is 79.2 Å². The number of allylic oxidation sites excluding steroid dienone is 2. The summed E-state index contributed by atoms with van der Waals surface area (Å²) >= 11 is 0. The van der Waals surface area contributed by atoms with E-state index in [1.807, 2.05) is 32.3 Å². The summed E-state index contributed by atoms with van der Waals surface area (Å²) in [7, 11) is 0. The van der Waals surface area contributed by atoms with Crippen LogP contribution in [-0.2, 0) is 28.6 Å². The highest BCUT2D eigenvalue weighted by Gasteiger charge is 2.88. The van der Waals surface area contributed by atoms with Crippen LogP contribution in [0.2, 0.25) is 0 Å². The third-order valence-electron chi connectivity index (χ3n) is 11.5. The highest BCUT2D eigenvalue weighted by molar-refractivity contribution is 5.96. The number of epoxide rings is 1. The zero-order valence-electron chi connectivity index (χ0n) is 22.8. The zero-order chi connectivity index (χ0) is 26.8. The van der Waals surface area contributed by atoms with Crippen molar-refractivity contribution in [3.63, 3.8) is 0 Å². The lowest BCUT2D eigenvalue weighted by Crippen LogP contribution is -2.75. The third-order valence-corrected chi connectivity index (χ3v) is 11.5. The summed E-state index contributed by atoms with van der Waals surface area (Å²) in [5.74, 6) is -0.933. The Kier molecular flexibility index (Phi) is 4.96. The van der Waals surface area contributed by atoms with Crippen LogP contribution in [-0.4, -0.2) is 41.6 Å². The number of fused-ring (bicyclic) bond motifs is 3. The second-order valence-corrected chi connectivity index (χ2v) is 13.3. The van der Waals surface area contributed by atoms with E-state index in [9.17, 15) is 14.4 Å². The third kappa shape index (κ3) is 2.79. The molecule has 1 saturated heterocycles. The molecule has 3 saturated carbocycles. The van der Waals surface area contributed by atoms with Gasteiger partial charge in [0.25, 0.3) is 0 Å². The fraction of sp³-hybridized carbons (Fsp3) is 0.700. The quantitative estimate of drug-likeness (QED) is 0.417. The van der Waals surface area contributed by atoms with Crippen LogP contribution >= 0.6 is 0 Å². The molecule has 6 rings (SSSR count). The molecule has 200 valence electrons. The molecular weight excluding hydrogens is 472 g/mol. The van der Waals surface area contributed by atoms with Crippen molar-refractivity contribution < 1.29 is 33.0 Å². The SMILES string of the molecule is CC(=O)O[C@@H]1C2C(C)(C)C(=O)C=C[C@]2(C)[C@H]2CC[C@@]3(C)[C@H](c4ccoc4)C[C@H]4O[C@]43[C@]2(C)[C@@H]1OC(C)=O. The zero-order valence-corrected chi connectivity index (χ0v) is 22.8. The van der Waals surface area contributed by atoms with Gasteiger partial charge < -0.3 is 18.6 Å². The average molecular weight is 511 g/mol. The Morgan fingerprint density at radius 1 is 1.05 bits per heavy atom. The molecule has 0 radical (unpaired) electrons. The fourth-order valence-corrected chi connectivity index (χ4v) is 10.2. The molecule has 1 spiro atoms. The van der Waals surface area contributed by atoms with E-state index in [1.54, 1.807) is 12.3 Å². The van der Waals surface area contributed by atoms with Crippen LogP contribution in [0, 0.1) is 33.5 Å². The maximum Gasteiger partial charge on any atom is 0.303 e. The van der Waals surface area contributed by atoms with Crippen LogP contribution in [0.25, 0.3) is 0 Å². The van der Waals surface area contributed by atoms with Crippen molar-refractivity contribution in [3.05, 3.63) is 36.3 Å². The largest absolute Gasteiger partial charge is 0.472 e. The van der Waals surface area contributed by atoms with Gasteiger partial charge in [0.15, 0.2) is 5.78 Å². The Morgan fingerprint density at radius 2 is 1.76 bits per heavy atom. The van der Waals surface area contributed by atoms with Crippen molar-refractivity contribution in [3.8, 4) is 0 Å². The fourth-order valence-electron chi connectivity index (χ4n) is 10.2. The lowest BCUT2D eigenvalue weighted by Gasteiger charge is -2.69. The number of furan rings is 1. The number of esters is 2. The number of hydrogen-bond acceptors (Lipinski definition) is 7. The van der Waals surface area contributed by atoms with Crippen molar-refractivity contribution in [2.45, 2.75) is 97.6 Å². The van der Waals surface area contributed by atoms with Gasteiger partial charge in [-0.15, -0.1) is 0 Å². The summed E-state index contributed by atoms with van der Waals surface area (Å²) < 4.78 is 24.6. The van der Waals surface area contributed by atoms with Gasteiger partial charge in [-0.25, -0.2) is 0 Å². The summed E-state index contributed by atoms with van der Waals surface area (Å²) in [5, 5.41) is 0. The number of rotatable bonds is 3. The highest BCUT2D eigenvalue weighted by atomic mass is 16.6. The standard InChI is InChI=1S/C30H38O7/c1-16(31)35-23-24-26(3,4)21(33)9-11-27(24,5)20-8-12-28(6)19(18-10-13-34-15-18)14-22-30(28,37-22)29(20,7)25(23)36-17(2)32/h9-11,13,15,19-20,22-25H,8,12,14H2,1-7H3/t19-,20+,22+,23+,24?,25+,27+,28-,29-,30+/m0/s1. The molecule has 10 atom stereocenters. The highest BCUT2D eigenvalue weighted by Crippen LogP contribution is 2.82. The monoisotopic (exact) mass is 510 g/mol. The van der Waals surface area contributed by atoms with Crippen LogP contribution in [0.3, 0.4) is 0 Å². The Hall–Kier alpha value is -2.41. The van der Waals surface area contributed by atoms with Gasteiger partial charge in [-0.1, -0.05) is 40.7 Å². The normalized spacial score (nSPS) is 48.8. The molecule has 0 aromatic carbocycles. The Bertz CT molecular complexity index is 1200. The number of ketones is 1. The van der Waals surface area contributed by atoms with Crippen molar-refractivity contribution >= 4 is 17.7 Å². The molecule has 4 aliphatic carbocycles. The minimum absolute atomic E-state index is 0.00227. The molecule has 1 aromatic heterocycles. The van der Waals surface area contributed by atoms with Gasteiger partial charge in [0, 0.05) is 36.0 Å². The first-order valence-electron chi connectivity index (χ1n) is 13.5. The first-order chi connectivity index (χ1) is 17.2. The summed E-state index contributed by atoms with van der Waals surface area (Å²) in [6.07, 6.45) is 8.48. The van der Waals surface area contributed by atoms with Crippen LogP contribution in [0.4, 0.5) is 0 Å². The number of carbonyl (C=O) groups is 3. The number of hydrogen-bond donors (Lipinski definition) is 0. The summed E-state index contributed by atoms with van der Waals surface area (Å²) in [6.45, 7) is 13.3. The summed E-state index contributed by atoms with van der Waals surface area (Å²) in [4.78, 5) is 38.5. The number of ether oxygens (including phenoxy) is 3. The van der Waals surface area contributed by atoms with Crippen molar-refractivity contribution in [1.29, 1.82) is 0 Å². The average Bonchev–Trinajstić information content (AvgIpc) is 3.16. The molecule has 5 aliphatic rings. The molecule has 1 aliphatic heterocycles. The molecule has 7 nitrogen and oxygen atoms in total. The minimum Gasteiger partial charge on any atom is -0.472 e. The topological polar surface area (TPSA) is 95.3 Å². The predicted molar refractivity (Wildman–Crippen MR) is 133 cm³/mol. The first-order valence-corrected chi connectivity index (χ1v) is 13.5. The maximum atomic E-state index is 13.2. The lowest BCUT2D eigenvalue weighted by atomic mass is 9.36. The van der Waals surface area contributed by atoms with Gasteiger partial charge in [-0.05, 0) is 54.2 Å². The summed E-state index contributed by atoms with van der Waals surface area (Å²) in [5.41, 5.74) is -1.54. The summed E-state index contributed by atoms with van der Waals surface area (Å²) in [6, 6.07) is 2.05. The van der Waals surface area contributed by atoms with Gasteiger partial charge in [0.05, 0.1) is 18.6 Å². The predicted octanol–water partition coefficient (Wildman–Crippen LogP) is 4.99. The lowest BCUT2D eigenvalue weighted by molar-refractivity contribution is -0.273. The molecule has 0 N–H and O–H groups in total. The smallest absolute Gasteiger partial charge is 0.303 e. The van der Waals surface area contributed by atoms with E-state index < -0.39 is 46.0 Å². The number of carbonyl (C=O) groups excluding carboxylic acids is 3. The Labute approximate surface area is 218 Å². The molecule has 1 aromatic rings. The molecule has 4 fully saturated rings. The first kappa shape index (κ1) is 24.9. The maximum absolute atomic E-state index is 13.2. The van der Waals surface area contributed by atoms with Crippen molar-refractivity contribution in [2.75, 3.05) is 0 Å². The minimum atomic E-state index is -0.805. The van der Waals surface area contributed by atoms with Crippen LogP contribution in [0.15, 0.2) is 35.2 Å². The van der Waals surface area contributed by atoms with E-state index in [-0.39, 0.29) is 35.1 Å². The van der Waals surface area contributed by atoms with E-state index in [2.05, 4.69) is 20.8 Å². The van der Waals surface area contributed by atoms with Crippen LogP contribution in [0.5, 0.6) is 0 Å². The van der Waals surface area contributed by atoms with E-state index in [1.165, 1.54) is 19.4 Å². The van der Waals surface area contributed by atoms with E-state index >= 15 is 0 Å². The van der Waals surface area contributed by atoms with Crippen molar-refractivity contribution in [2.24, 2.45) is 33.5 Å².